The Hall–Kier alpha value is -2.08. The minimum Gasteiger partial charge on any atom is -0.252 e. The fourth-order valence-electron chi connectivity index (χ4n) is 1.11. The van der Waals surface area contributed by atoms with Crippen molar-refractivity contribution in [3.8, 4) is 12.1 Å². The molecule has 0 bridgehead atoms. The number of nitriles is 2. The summed E-state index contributed by atoms with van der Waals surface area (Å²) in [6, 6.07) is 3.03. The number of hydrogen-bond donors (Lipinski definition) is 0. The molecule has 0 saturated carbocycles. The topological polar surface area (TPSA) is 60.5 Å². The first-order valence-electron chi connectivity index (χ1n) is 3.84. The van der Waals surface area contributed by atoms with Crippen LogP contribution in [0.2, 0.25) is 0 Å². The first-order chi connectivity index (χ1) is 7.11. The van der Waals surface area contributed by atoms with E-state index in [0.717, 1.165) is 0 Å². The van der Waals surface area contributed by atoms with E-state index < -0.39 is 29.9 Å². The van der Waals surface area contributed by atoms with E-state index in [2.05, 4.69) is 4.98 Å². The molecule has 0 atom stereocenters. The van der Waals surface area contributed by atoms with Gasteiger partial charge in [-0.3, -0.25) is 4.98 Å². The van der Waals surface area contributed by atoms with Crippen molar-refractivity contribution in [2.75, 3.05) is 0 Å². The highest BCUT2D eigenvalue weighted by Crippen LogP contribution is 2.24. The highest BCUT2D eigenvalue weighted by atomic mass is 19.3. The Morgan fingerprint density at radius 1 is 1.40 bits per heavy atom. The van der Waals surface area contributed by atoms with E-state index in [0.29, 0.717) is 6.20 Å². The van der Waals surface area contributed by atoms with Gasteiger partial charge in [-0.1, -0.05) is 0 Å². The van der Waals surface area contributed by atoms with Crippen LogP contribution in [0.3, 0.4) is 0 Å². The van der Waals surface area contributed by atoms with Crippen molar-refractivity contribution in [1.29, 1.82) is 10.5 Å². The lowest BCUT2D eigenvalue weighted by Crippen LogP contribution is -2.04. The van der Waals surface area contributed by atoms with Gasteiger partial charge in [-0.05, 0) is 0 Å². The average Bonchev–Trinajstić information content (AvgIpc) is 2.18. The standard InChI is InChI=1S/C9H4F3N3/c10-7-4-15-8(9(11)12)5(1-2-13)6(7)3-14/h4,9H,1H2. The number of nitrogens with zero attached hydrogens (tertiary/aromatic N) is 3. The lowest BCUT2D eigenvalue weighted by Gasteiger charge is -2.06. The second kappa shape index (κ2) is 4.43. The van der Waals surface area contributed by atoms with Crippen molar-refractivity contribution in [2.45, 2.75) is 12.8 Å². The fraction of sp³-hybridized carbons (Fsp3) is 0.222. The Labute approximate surface area is 83.4 Å². The van der Waals surface area contributed by atoms with Crippen LogP contribution in [0.15, 0.2) is 6.20 Å². The second-order valence-electron chi connectivity index (χ2n) is 2.59. The monoisotopic (exact) mass is 211 g/mol. The van der Waals surface area contributed by atoms with Crippen molar-refractivity contribution in [2.24, 2.45) is 0 Å². The molecule has 76 valence electrons. The number of rotatable bonds is 2. The first-order valence-corrected chi connectivity index (χ1v) is 3.84. The van der Waals surface area contributed by atoms with Crippen LogP contribution in [0.4, 0.5) is 13.2 Å². The van der Waals surface area contributed by atoms with Gasteiger partial charge in [0.15, 0.2) is 5.82 Å². The smallest absolute Gasteiger partial charge is 0.252 e. The van der Waals surface area contributed by atoms with E-state index in [1.54, 1.807) is 6.07 Å². The van der Waals surface area contributed by atoms with Gasteiger partial charge in [0.2, 0.25) is 0 Å². The van der Waals surface area contributed by atoms with Crippen molar-refractivity contribution >= 4 is 0 Å². The van der Waals surface area contributed by atoms with Gasteiger partial charge in [-0.2, -0.15) is 10.5 Å². The molecule has 0 spiro atoms. The quantitative estimate of drug-likeness (QED) is 0.752. The zero-order chi connectivity index (χ0) is 11.4. The lowest BCUT2D eigenvalue weighted by atomic mass is 10.0. The summed E-state index contributed by atoms with van der Waals surface area (Å²) in [6.45, 7) is 0. The molecule has 0 fully saturated rings. The molecule has 0 aromatic carbocycles. The van der Waals surface area contributed by atoms with Crippen molar-refractivity contribution in [3.05, 3.63) is 28.8 Å². The molecular formula is C9H4F3N3. The summed E-state index contributed by atoms with van der Waals surface area (Å²) < 4.78 is 37.8. The van der Waals surface area contributed by atoms with Gasteiger partial charge < -0.3 is 0 Å². The molecule has 6 heteroatoms. The van der Waals surface area contributed by atoms with Gasteiger partial charge in [0.25, 0.3) is 6.43 Å². The normalized spacial score (nSPS) is 9.73. The molecule has 0 N–H and O–H groups in total. The van der Waals surface area contributed by atoms with Crippen LogP contribution >= 0.6 is 0 Å². The summed E-state index contributed by atoms with van der Waals surface area (Å²) in [5.41, 5.74) is -1.59. The minimum atomic E-state index is -2.93. The third kappa shape index (κ3) is 2.05. The van der Waals surface area contributed by atoms with Crippen LogP contribution in [-0.2, 0) is 6.42 Å². The van der Waals surface area contributed by atoms with Gasteiger partial charge in [0, 0.05) is 5.56 Å². The number of pyridine rings is 1. The van der Waals surface area contributed by atoms with Gasteiger partial charge in [-0.15, -0.1) is 0 Å². The molecule has 15 heavy (non-hydrogen) atoms. The summed E-state index contributed by atoms with van der Waals surface area (Å²) in [5.74, 6) is -0.993. The van der Waals surface area contributed by atoms with E-state index in [-0.39, 0.29) is 5.56 Å². The second-order valence-corrected chi connectivity index (χ2v) is 2.59. The molecule has 1 aromatic rings. The van der Waals surface area contributed by atoms with Gasteiger partial charge >= 0.3 is 0 Å². The Kier molecular flexibility index (Phi) is 3.25. The SMILES string of the molecule is N#CCc1c(C(F)F)ncc(F)c1C#N. The van der Waals surface area contributed by atoms with Crippen LogP contribution in [0, 0.1) is 28.5 Å². The zero-order valence-electron chi connectivity index (χ0n) is 7.34. The summed E-state index contributed by atoms with van der Waals surface area (Å²) in [6.07, 6.45) is -2.84. The molecular weight excluding hydrogens is 207 g/mol. The molecule has 1 aromatic heterocycles. The van der Waals surface area contributed by atoms with Gasteiger partial charge in [-0.25, -0.2) is 13.2 Å². The molecule has 0 aliphatic heterocycles. The van der Waals surface area contributed by atoms with Gasteiger partial charge in [0.1, 0.15) is 11.8 Å². The Morgan fingerprint density at radius 2 is 2.07 bits per heavy atom. The third-order valence-electron chi connectivity index (χ3n) is 1.74. The summed E-state index contributed by atoms with van der Waals surface area (Å²) in [4.78, 5) is 3.18. The van der Waals surface area contributed by atoms with E-state index in [9.17, 15) is 13.2 Å². The molecule has 1 heterocycles. The van der Waals surface area contributed by atoms with Crippen molar-refractivity contribution in [1.82, 2.24) is 4.98 Å². The number of halogens is 3. The molecule has 0 saturated heterocycles. The highest BCUT2D eigenvalue weighted by molar-refractivity contribution is 5.42. The molecule has 0 unspecified atom stereocenters. The predicted octanol–water partition coefficient (Wildman–Crippen LogP) is 2.10. The number of aromatic nitrogens is 1. The summed E-state index contributed by atoms with van der Waals surface area (Å²) in [5, 5.41) is 16.9. The Balaban J connectivity index is 3.45. The van der Waals surface area contributed by atoms with Gasteiger partial charge in [0.05, 0.1) is 24.3 Å². The molecule has 0 aliphatic carbocycles. The largest absolute Gasteiger partial charge is 0.280 e. The first kappa shape index (κ1) is 11.0. The third-order valence-corrected chi connectivity index (χ3v) is 1.74. The maximum absolute atomic E-state index is 13.0. The van der Waals surface area contributed by atoms with Crippen LogP contribution in [0.25, 0.3) is 0 Å². The van der Waals surface area contributed by atoms with Crippen molar-refractivity contribution in [3.63, 3.8) is 0 Å². The fourth-order valence-corrected chi connectivity index (χ4v) is 1.11. The molecule has 0 amide bonds. The molecule has 0 radical (unpaired) electrons. The van der Waals surface area contributed by atoms with Crippen LogP contribution in [0.5, 0.6) is 0 Å². The van der Waals surface area contributed by atoms with E-state index >= 15 is 0 Å². The number of hydrogen-bond acceptors (Lipinski definition) is 3. The van der Waals surface area contributed by atoms with Crippen molar-refractivity contribution < 1.29 is 13.2 Å². The van der Waals surface area contributed by atoms with Crippen LogP contribution in [0.1, 0.15) is 23.2 Å². The molecule has 1 rings (SSSR count). The minimum absolute atomic E-state index is 0.338. The Bertz CT molecular complexity index is 457. The molecule has 3 nitrogen and oxygen atoms in total. The summed E-state index contributed by atoms with van der Waals surface area (Å²) >= 11 is 0. The number of alkyl halides is 2. The van der Waals surface area contributed by atoms with Crippen LogP contribution in [-0.4, -0.2) is 4.98 Å². The summed E-state index contributed by atoms with van der Waals surface area (Å²) in [7, 11) is 0. The highest BCUT2D eigenvalue weighted by Gasteiger charge is 2.20. The zero-order valence-corrected chi connectivity index (χ0v) is 7.34. The lowest BCUT2D eigenvalue weighted by molar-refractivity contribution is 0.144. The maximum atomic E-state index is 13.0. The Morgan fingerprint density at radius 3 is 2.53 bits per heavy atom. The molecule has 0 aliphatic rings. The van der Waals surface area contributed by atoms with E-state index in [1.165, 1.54) is 6.07 Å². The van der Waals surface area contributed by atoms with E-state index in [4.69, 9.17) is 10.5 Å². The van der Waals surface area contributed by atoms with E-state index in [1.807, 2.05) is 0 Å². The predicted molar refractivity (Wildman–Crippen MR) is 43.2 cm³/mol. The average molecular weight is 211 g/mol. The maximum Gasteiger partial charge on any atom is 0.280 e. The van der Waals surface area contributed by atoms with Crippen LogP contribution < -0.4 is 0 Å².